The van der Waals surface area contributed by atoms with Crippen molar-refractivity contribution in [3.05, 3.63) is 30.3 Å². The van der Waals surface area contributed by atoms with Crippen molar-refractivity contribution in [3.63, 3.8) is 0 Å². The van der Waals surface area contributed by atoms with Crippen molar-refractivity contribution in [2.75, 3.05) is 18.5 Å². The number of hydrogen-bond donors (Lipinski definition) is 1. The van der Waals surface area contributed by atoms with E-state index in [2.05, 4.69) is 31.3 Å². The largest absolute Gasteiger partial charge is 0.383 e. The molecule has 1 aliphatic carbocycles. The molecule has 0 saturated heterocycles. The maximum Gasteiger partial charge on any atom is 0.0642 e. The number of ether oxygens (including phenoxy) is 1. The first-order chi connectivity index (χ1) is 8.75. The first-order valence-corrected chi connectivity index (χ1v) is 7.16. The summed E-state index contributed by atoms with van der Waals surface area (Å²) in [7, 11) is 0. The zero-order valence-electron chi connectivity index (χ0n) is 11.6. The van der Waals surface area contributed by atoms with Gasteiger partial charge in [-0.25, -0.2) is 0 Å². The van der Waals surface area contributed by atoms with Crippen LogP contribution in [0.1, 0.15) is 33.1 Å². The van der Waals surface area contributed by atoms with Crippen LogP contribution in [0.5, 0.6) is 0 Å². The summed E-state index contributed by atoms with van der Waals surface area (Å²) in [5, 5.41) is 3.38. The minimum absolute atomic E-state index is 0.480. The second-order valence-electron chi connectivity index (χ2n) is 5.55. The second kappa shape index (κ2) is 6.79. The molecule has 100 valence electrons. The molecule has 2 rings (SSSR count). The molecule has 3 atom stereocenters. The molecule has 2 nitrogen and oxygen atoms in total. The van der Waals surface area contributed by atoms with Crippen LogP contribution in [0.15, 0.2) is 30.3 Å². The Kier molecular flexibility index (Phi) is 5.06. The lowest BCUT2D eigenvalue weighted by atomic mass is 9.80. The highest BCUT2D eigenvalue weighted by molar-refractivity contribution is 5.42. The average Bonchev–Trinajstić information content (AvgIpc) is 2.40. The Hall–Kier alpha value is -1.02. The average molecular weight is 247 g/mol. The van der Waals surface area contributed by atoms with E-state index in [-0.39, 0.29) is 0 Å². The lowest BCUT2D eigenvalue weighted by Gasteiger charge is -2.32. The molecule has 18 heavy (non-hydrogen) atoms. The van der Waals surface area contributed by atoms with Crippen molar-refractivity contribution in [2.24, 2.45) is 11.8 Å². The fourth-order valence-corrected chi connectivity index (χ4v) is 2.63. The van der Waals surface area contributed by atoms with E-state index < -0.39 is 0 Å². The molecule has 0 radical (unpaired) electrons. The Labute approximate surface area is 111 Å². The highest BCUT2D eigenvalue weighted by atomic mass is 16.5. The first kappa shape index (κ1) is 13.4. The fourth-order valence-electron chi connectivity index (χ4n) is 2.63. The molecule has 0 amide bonds. The standard InChI is InChI=1S/C16H25NO/c1-13-8-9-16(12-14(13)2)18-11-10-17-15-6-4-3-5-7-15/h3-7,13-14,16-17H,8-12H2,1-2H3. The lowest BCUT2D eigenvalue weighted by molar-refractivity contribution is 0.00778. The predicted molar refractivity (Wildman–Crippen MR) is 76.9 cm³/mol. The van der Waals surface area contributed by atoms with Gasteiger partial charge in [-0.15, -0.1) is 0 Å². The van der Waals surface area contributed by atoms with Crippen molar-refractivity contribution >= 4 is 5.69 Å². The van der Waals surface area contributed by atoms with Crippen LogP contribution in [0.3, 0.4) is 0 Å². The second-order valence-corrected chi connectivity index (χ2v) is 5.55. The molecule has 1 saturated carbocycles. The van der Waals surface area contributed by atoms with Gasteiger partial charge in [-0.1, -0.05) is 32.0 Å². The third kappa shape index (κ3) is 4.02. The van der Waals surface area contributed by atoms with Crippen molar-refractivity contribution in [1.29, 1.82) is 0 Å². The van der Waals surface area contributed by atoms with E-state index >= 15 is 0 Å². The number of para-hydroxylation sites is 1. The molecule has 1 fully saturated rings. The van der Waals surface area contributed by atoms with Crippen LogP contribution >= 0.6 is 0 Å². The number of anilines is 1. The number of benzene rings is 1. The van der Waals surface area contributed by atoms with Crippen LogP contribution in [0.4, 0.5) is 5.69 Å². The summed E-state index contributed by atoms with van der Waals surface area (Å²) >= 11 is 0. The topological polar surface area (TPSA) is 21.3 Å². The van der Waals surface area contributed by atoms with E-state index in [1.54, 1.807) is 0 Å². The van der Waals surface area contributed by atoms with E-state index in [4.69, 9.17) is 4.74 Å². The van der Waals surface area contributed by atoms with Gasteiger partial charge in [-0.3, -0.25) is 0 Å². The smallest absolute Gasteiger partial charge is 0.0642 e. The fraction of sp³-hybridized carbons (Fsp3) is 0.625. The predicted octanol–water partition coefficient (Wildman–Crippen LogP) is 3.94. The van der Waals surface area contributed by atoms with E-state index in [0.717, 1.165) is 25.0 Å². The van der Waals surface area contributed by atoms with Crippen molar-refractivity contribution < 1.29 is 4.74 Å². The quantitative estimate of drug-likeness (QED) is 0.796. The molecule has 0 aromatic heterocycles. The van der Waals surface area contributed by atoms with Gasteiger partial charge in [0.25, 0.3) is 0 Å². The Balaban J connectivity index is 1.61. The van der Waals surface area contributed by atoms with Crippen LogP contribution in [0, 0.1) is 11.8 Å². The molecule has 1 aromatic carbocycles. The van der Waals surface area contributed by atoms with Gasteiger partial charge in [-0.05, 0) is 43.2 Å². The summed E-state index contributed by atoms with van der Waals surface area (Å²) in [6, 6.07) is 10.3. The van der Waals surface area contributed by atoms with E-state index in [1.807, 2.05) is 18.2 Å². The van der Waals surface area contributed by atoms with Crippen LogP contribution in [-0.4, -0.2) is 19.3 Å². The number of rotatable bonds is 5. The Bertz CT molecular complexity index is 338. The monoisotopic (exact) mass is 247 g/mol. The lowest BCUT2D eigenvalue weighted by Crippen LogP contribution is -2.28. The van der Waals surface area contributed by atoms with E-state index in [1.165, 1.54) is 24.9 Å². The van der Waals surface area contributed by atoms with Gasteiger partial charge in [0.15, 0.2) is 0 Å². The van der Waals surface area contributed by atoms with Gasteiger partial charge in [-0.2, -0.15) is 0 Å². The molecule has 0 bridgehead atoms. The molecule has 1 aromatic rings. The molecule has 1 aliphatic rings. The maximum absolute atomic E-state index is 5.96. The summed E-state index contributed by atoms with van der Waals surface area (Å²) in [5.74, 6) is 1.68. The third-order valence-electron chi connectivity index (χ3n) is 4.11. The van der Waals surface area contributed by atoms with Crippen LogP contribution in [0.25, 0.3) is 0 Å². The van der Waals surface area contributed by atoms with Gasteiger partial charge in [0, 0.05) is 12.2 Å². The minimum atomic E-state index is 0.480. The van der Waals surface area contributed by atoms with Crippen molar-refractivity contribution in [1.82, 2.24) is 0 Å². The molecular weight excluding hydrogens is 222 g/mol. The van der Waals surface area contributed by atoms with Crippen molar-refractivity contribution in [3.8, 4) is 0 Å². The summed E-state index contributed by atoms with van der Waals surface area (Å²) < 4.78 is 5.96. The molecule has 0 aliphatic heterocycles. The van der Waals surface area contributed by atoms with Crippen LogP contribution in [0.2, 0.25) is 0 Å². The molecule has 0 spiro atoms. The van der Waals surface area contributed by atoms with Crippen LogP contribution < -0.4 is 5.32 Å². The normalized spacial score (nSPS) is 28.0. The summed E-state index contributed by atoms with van der Waals surface area (Å²) in [5.41, 5.74) is 1.17. The van der Waals surface area contributed by atoms with Crippen LogP contribution in [-0.2, 0) is 4.74 Å². The summed E-state index contributed by atoms with van der Waals surface area (Å²) in [6.07, 6.45) is 4.26. The summed E-state index contributed by atoms with van der Waals surface area (Å²) in [4.78, 5) is 0. The van der Waals surface area contributed by atoms with Gasteiger partial charge < -0.3 is 10.1 Å². The van der Waals surface area contributed by atoms with Gasteiger partial charge in [0.1, 0.15) is 0 Å². The first-order valence-electron chi connectivity index (χ1n) is 7.16. The zero-order valence-corrected chi connectivity index (χ0v) is 11.6. The van der Waals surface area contributed by atoms with Crippen molar-refractivity contribution in [2.45, 2.75) is 39.2 Å². The Morgan fingerprint density at radius 2 is 1.89 bits per heavy atom. The zero-order chi connectivity index (χ0) is 12.8. The Morgan fingerprint density at radius 3 is 2.61 bits per heavy atom. The molecule has 3 unspecified atom stereocenters. The third-order valence-corrected chi connectivity index (χ3v) is 4.11. The maximum atomic E-state index is 5.96. The van der Waals surface area contributed by atoms with E-state index in [0.29, 0.717) is 6.10 Å². The molecule has 0 heterocycles. The van der Waals surface area contributed by atoms with E-state index in [9.17, 15) is 0 Å². The summed E-state index contributed by atoms with van der Waals surface area (Å²) in [6.45, 7) is 6.41. The number of nitrogens with one attached hydrogen (secondary N) is 1. The molecular formula is C16H25NO. The Morgan fingerprint density at radius 1 is 1.11 bits per heavy atom. The number of hydrogen-bond acceptors (Lipinski definition) is 2. The highest BCUT2D eigenvalue weighted by Crippen LogP contribution is 2.30. The van der Waals surface area contributed by atoms with Gasteiger partial charge in [0.2, 0.25) is 0 Å². The molecule has 1 N–H and O–H groups in total. The van der Waals surface area contributed by atoms with Gasteiger partial charge >= 0.3 is 0 Å². The minimum Gasteiger partial charge on any atom is -0.383 e. The molecule has 2 heteroatoms. The highest BCUT2D eigenvalue weighted by Gasteiger charge is 2.24. The SMILES string of the molecule is CC1CCC(OCCNc2ccccc2)CC1C. The van der Waals surface area contributed by atoms with Gasteiger partial charge in [0.05, 0.1) is 12.7 Å².